The Balaban J connectivity index is 2.55. The highest BCUT2D eigenvalue weighted by atomic mass is 32.1. The van der Waals surface area contributed by atoms with Crippen LogP contribution in [-0.2, 0) is 4.79 Å². The van der Waals surface area contributed by atoms with Crippen molar-refractivity contribution in [2.75, 3.05) is 20.6 Å². The van der Waals surface area contributed by atoms with E-state index in [4.69, 9.17) is 0 Å². The molecule has 1 N–H and O–H groups in total. The first-order chi connectivity index (χ1) is 6.99. The van der Waals surface area contributed by atoms with E-state index in [9.17, 15) is 9.90 Å². The molecule has 2 atom stereocenters. The van der Waals surface area contributed by atoms with E-state index in [1.54, 1.807) is 0 Å². The average Bonchev–Trinajstić information content (AvgIpc) is 2.48. The van der Waals surface area contributed by atoms with Gasteiger partial charge in [0.1, 0.15) is 0 Å². The summed E-state index contributed by atoms with van der Waals surface area (Å²) in [6.07, 6.45) is 4.44. The summed E-state index contributed by atoms with van der Waals surface area (Å²) in [5.41, 5.74) is -0.556. The highest BCUT2D eigenvalue weighted by molar-refractivity contribution is 7.81. The van der Waals surface area contributed by atoms with Gasteiger partial charge in [-0.05, 0) is 46.3 Å². The van der Waals surface area contributed by atoms with Gasteiger partial charge >= 0.3 is 5.97 Å². The summed E-state index contributed by atoms with van der Waals surface area (Å²) in [6, 6.07) is 0. The maximum atomic E-state index is 11.3. The van der Waals surface area contributed by atoms with Crippen LogP contribution in [0.25, 0.3) is 0 Å². The Labute approximate surface area is 97.3 Å². The molecule has 0 heterocycles. The van der Waals surface area contributed by atoms with E-state index in [1.165, 1.54) is 0 Å². The average molecular weight is 231 g/mol. The first-order valence-corrected chi connectivity index (χ1v) is 6.07. The Bertz CT molecular complexity index is 233. The van der Waals surface area contributed by atoms with E-state index in [2.05, 4.69) is 17.5 Å². The molecule has 0 spiro atoms. The van der Waals surface area contributed by atoms with E-state index in [0.717, 1.165) is 38.6 Å². The highest BCUT2D eigenvalue weighted by Crippen LogP contribution is 2.45. The van der Waals surface area contributed by atoms with E-state index >= 15 is 0 Å². The van der Waals surface area contributed by atoms with E-state index in [0.29, 0.717) is 0 Å². The minimum atomic E-state index is -0.654. The molecule has 3 nitrogen and oxygen atoms in total. The van der Waals surface area contributed by atoms with Crippen molar-refractivity contribution in [1.29, 1.82) is 0 Å². The third-order valence-corrected chi connectivity index (χ3v) is 4.14. The summed E-state index contributed by atoms with van der Waals surface area (Å²) in [6.45, 7) is 0.954. The fraction of sp³-hybridized carbons (Fsp3) is 0.909. The molecule has 0 bridgehead atoms. The first-order valence-electron chi connectivity index (χ1n) is 5.55. The molecule has 1 aliphatic carbocycles. The molecule has 0 radical (unpaired) electrons. The Kier molecular flexibility index (Phi) is 4.46. The van der Waals surface area contributed by atoms with Crippen LogP contribution in [0.4, 0.5) is 0 Å². The van der Waals surface area contributed by atoms with Gasteiger partial charge in [-0.3, -0.25) is 4.79 Å². The number of carboxylic acids is 1. The molecule has 1 rings (SSSR count). The molecule has 0 saturated heterocycles. The van der Waals surface area contributed by atoms with Crippen LogP contribution >= 0.6 is 12.6 Å². The van der Waals surface area contributed by atoms with Crippen LogP contribution in [0.15, 0.2) is 0 Å². The second-order valence-electron chi connectivity index (χ2n) is 4.78. The normalized spacial score (nSPS) is 31.1. The zero-order valence-electron chi connectivity index (χ0n) is 9.57. The molecule has 88 valence electrons. The Morgan fingerprint density at radius 1 is 1.60 bits per heavy atom. The molecule has 15 heavy (non-hydrogen) atoms. The molecule has 0 aliphatic heterocycles. The summed E-state index contributed by atoms with van der Waals surface area (Å²) >= 11 is 4.44. The van der Waals surface area contributed by atoms with Gasteiger partial charge in [0.15, 0.2) is 0 Å². The standard InChI is InChI=1S/C11H21NO2S/c1-12(2)8-4-7-11(10(13)14)6-3-5-9(11)15/h9,15H,3-8H2,1-2H3,(H,13,14)/t9-,11-/m0/s1. The summed E-state index contributed by atoms with van der Waals surface area (Å²) < 4.78 is 0. The highest BCUT2D eigenvalue weighted by Gasteiger charge is 2.46. The second-order valence-corrected chi connectivity index (χ2v) is 5.40. The van der Waals surface area contributed by atoms with Gasteiger partial charge in [0.25, 0.3) is 0 Å². The predicted molar refractivity (Wildman–Crippen MR) is 64.5 cm³/mol. The fourth-order valence-electron chi connectivity index (χ4n) is 2.41. The van der Waals surface area contributed by atoms with E-state index in [-0.39, 0.29) is 5.25 Å². The van der Waals surface area contributed by atoms with Crippen molar-refractivity contribution in [2.24, 2.45) is 5.41 Å². The van der Waals surface area contributed by atoms with Gasteiger partial charge in [0.05, 0.1) is 5.41 Å². The topological polar surface area (TPSA) is 40.5 Å². The lowest BCUT2D eigenvalue weighted by Gasteiger charge is -2.28. The van der Waals surface area contributed by atoms with Crippen LogP contribution in [0, 0.1) is 5.41 Å². The summed E-state index contributed by atoms with van der Waals surface area (Å²) in [4.78, 5) is 13.4. The van der Waals surface area contributed by atoms with Crippen molar-refractivity contribution < 1.29 is 9.90 Å². The monoisotopic (exact) mass is 231 g/mol. The molecule has 0 amide bonds. The Hall–Kier alpha value is -0.220. The largest absolute Gasteiger partial charge is 0.481 e. The maximum absolute atomic E-state index is 11.3. The SMILES string of the molecule is CN(C)CCC[C@@]1(C(=O)O)CCC[C@@H]1S. The Morgan fingerprint density at radius 2 is 2.27 bits per heavy atom. The fourth-order valence-corrected chi connectivity index (χ4v) is 2.96. The molecule has 1 saturated carbocycles. The van der Waals surface area contributed by atoms with Gasteiger partial charge in [0.2, 0.25) is 0 Å². The summed E-state index contributed by atoms with van der Waals surface area (Å²) in [5, 5.41) is 9.38. The van der Waals surface area contributed by atoms with Crippen LogP contribution in [-0.4, -0.2) is 41.9 Å². The summed E-state index contributed by atoms with van der Waals surface area (Å²) in [7, 11) is 4.03. The van der Waals surface area contributed by atoms with Crippen LogP contribution < -0.4 is 0 Å². The zero-order valence-corrected chi connectivity index (χ0v) is 10.5. The van der Waals surface area contributed by atoms with Gasteiger partial charge in [-0.2, -0.15) is 12.6 Å². The lowest BCUT2D eigenvalue weighted by molar-refractivity contribution is -0.148. The number of nitrogens with zero attached hydrogens (tertiary/aromatic N) is 1. The van der Waals surface area contributed by atoms with Gasteiger partial charge in [-0.25, -0.2) is 0 Å². The van der Waals surface area contributed by atoms with Crippen molar-refractivity contribution in [1.82, 2.24) is 4.90 Å². The van der Waals surface area contributed by atoms with Crippen molar-refractivity contribution >= 4 is 18.6 Å². The minimum absolute atomic E-state index is 0.0390. The number of aliphatic carboxylic acids is 1. The smallest absolute Gasteiger partial charge is 0.310 e. The number of rotatable bonds is 5. The lowest BCUT2D eigenvalue weighted by Crippen LogP contribution is -2.36. The molecule has 1 fully saturated rings. The van der Waals surface area contributed by atoms with Crippen molar-refractivity contribution in [3.8, 4) is 0 Å². The van der Waals surface area contributed by atoms with Gasteiger partial charge in [-0.15, -0.1) is 0 Å². The zero-order chi connectivity index (χ0) is 11.5. The number of carboxylic acid groups (broad SMARTS) is 1. The van der Waals surface area contributed by atoms with Crippen molar-refractivity contribution in [3.63, 3.8) is 0 Å². The Morgan fingerprint density at radius 3 is 2.67 bits per heavy atom. The molecule has 0 aromatic heterocycles. The molecule has 0 aromatic rings. The second kappa shape index (κ2) is 5.21. The molecule has 0 aromatic carbocycles. The van der Waals surface area contributed by atoms with Crippen LogP contribution in [0.2, 0.25) is 0 Å². The molecular weight excluding hydrogens is 210 g/mol. The maximum Gasteiger partial charge on any atom is 0.310 e. The van der Waals surface area contributed by atoms with E-state index in [1.807, 2.05) is 14.1 Å². The van der Waals surface area contributed by atoms with Crippen LogP contribution in [0.1, 0.15) is 32.1 Å². The van der Waals surface area contributed by atoms with Crippen molar-refractivity contribution in [3.05, 3.63) is 0 Å². The van der Waals surface area contributed by atoms with Crippen LogP contribution in [0.3, 0.4) is 0 Å². The number of hydrogen-bond donors (Lipinski definition) is 2. The van der Waals surface area contributed by atoms with E-state index < -0.39 is 11.4 Å². The number of hydrogen-bond acceptors (Lipinski definition) is 3. The first kappa shape index (κ1) is 12.8. The minimum Gasteiger partial charge on any atom is -0.481 e. The summed E-state index contributed by atoms with van der Waals surface area (Å²) in [5.74, 6) is -0.654. The van der Waals surface area contributed by atoms with Gasteiger partial charge < -0.3 is 10.0 Å². The third kappa shape index (κ3) is 2.88. The van der Waals surface area contributed by atoms with Gasteiger partial charge in [0, 0.05) is 5.25 Å². The number of carbonyl (C=O) groups is 1. The third-order valence-electron chi connectivity index (χ3n) is 3.39. The predicted octanol–water partition coefficient (Wildman–Crippen LogP) is 1.88. The molecule has 0 unspecified atom stereocenters. The quantitative estimate of drug-likeness (QED) is 0.710. The molecule has 4 heteroatoms. The van der Waals surface area contributed by atoms with Gasteiger partial charge in [-0.1, -0.05) is 6.42 Å². The lowest BCUT2D eigenvalue weighted by atomic mass is 9.81. The number of thiol groups is 1. The molecule has 1 aliphatic rings. The van der Waals surface area contributed by atoms with Crippen LogP contribution in [0.5, 0.6) is 0 Å². The molecular formula is C11H21NO2S. The van der Waals surface area contributed by atoms with Crippen molar-refractivity contribution in [2.45, 2.75) is 37.4 Å².